The Hall–Kier alpha value is -3.76. The van der Waals surface area contributed by atoms with Gasteiger partial charge in [0.25, 0.3) is 5.91 Å². The summed E-state index contributed by atoms with van der Waals surface area (Å²) in [5.74, 6) is -2.15. The number of halogens is 3. The van der Waals surface area contributed by atoms with Crippen molar-refractivity contribution in [3.05, 3.63) is 52.6 Å². The fourth-order valence-electron chi connectivity index (χ4n) is 5.42. The minimum Gasteiger partial charge on any atom is -0.339 e. The van der Waals surface area contributed by atoms with Crippen molar-refractivity contribution in [2.24, 2.45) is 16.8 Å². The molecule has 1 saturated carbocycles. The van der Waals surface area contributed by atoms with E-state index >= 15 is 0 Å². The number of allylic oxidation sites excluding steroid dienone is 4. The highest BCUT2D eigenvalue weighted by atomic mass is 19.4. The maximum atomic E-state index is 13.3. The van der Waals surface area contributed by atoms with Crippen LogP contribution < -0.4 is 10.6 Å². The number of carbonyl (C=O) groups excluding carboxylic acids is 2. The second-order valence-corrected chi connectivity index (χ2v) is 9.28. The first-order valence-electron chi connectivity index (χ1n) is 11.3. The Morgan fingerprint density at radius 1 is 1.26 bits per heavy atom. The largest absolute Gasteiger partial charge is 0.414 e. The van der Waals surface area contributed by atoms with Crippen LogP contribution in [-0.4, -0.2) is 41.8 Å². The maximum absolute atomic E-state index is 13.3. The molecule has 2 amide bonds. The molecule has 1 aromatic rings. The van der Waals surface area contributed by atoms with Crippen LogP contribution in [0.15, 0.2) is 40.9 Å². The van der Waals surface area contributed by atoms with E-state index in [1.165, 1.54) is 12.1 Å². The number of hydrogen-bond donors (Lipinski definition) is 2. The van der Waals surface area contributed by atoms with Gasteiger partial charge in [0.15, 0.2) is 0 Å². The number of benzene rings is 1. The van der Waals surface area contributed by atoms with Crippen LogP contribution in [0.3, 0.4) is 0 Å². The van der Waals surface area contributed by atoms with Crippen molar-refractivity contribution in [3.63, 3.8) is 0 Å². The standard InChI is InChI=1S/C25H20F3N5O2/c26-25(27,28)20-9-21-18(8-14(20)10-29)17-4-1-12(6-19(17)23(34)33-21)5-16(11-30)32-24(35)22-13-2-3-15(7-13)31-22/h1,4,6,8-9,13-16,22,31H,2-3,5,7H2,(H,32,35)/t13-,14?,15+,16?,22-/m0/s1. The van der Waals surface area contributed by atoms with Gasteiger partial charge in [-0.15, -0.1) is 0 Å². The van der Waals surface area contributed by atoms with E-state index < -0.39 is 29.6 Å². The number of nitrogens with zero attached hydrogens (tertiary/aromatic N) is 3. The number of nitrogens with one attached hydrogen (secondary N) is 2. The lowest BCUT2D eigenvalue weighted by atomic mass is 9.82. The Kier molecular flexibility index (Phi) is 5.57. The molecule has 1 saturated heterocycles. The van der Waals surface area contributed by atoms with Crippen molar-refractivity contribution in [2.75, 3.05) is 0 Å². The molecule has 0 radical (unpaired) electrons. The van der Waals surface area contributed by atoms with Crippen LogP contribution in [0.25, 0.3) is 5.57 Å². The molecule has 2 heterocycles. The lowest BCUT2D eigenvalue weighted by Gasteiger charge is -2.25. The maximum Gasteiger partial charge on any atom is 0.414 e. The van der Waals surface area contributed by atoms with Gasteiger partial charge < -0.3 is 10.6 Å². The van der Waals surface area contributed by atoms with E-state index in [-0.39, 0.29) is 41.1 Å². The molecule has 2 bridgehead atoms. The Balaban J connectivity index is 1.36. The normalized spacial score (nSPS) is 27.5. The van der Waals surface area contributed by atoms with Crippen LogP contribution in [0, 0.1) is 34.5 Å². The topological polar surface area (TPSA) is 118 Å². The molecule has 0 spiro atoms. The predicted octanol–water partition coefficient (Wildman–Crippen LogP) is 3.00. The highest BCUT2D eigenvalue weighted by molar-refractivity contribution is 6.37. The van der Waals surface area contributed by atoms with Crippen molar-refractivity contribution in [1.29, 1.82) is 10.5 Å². The molecule has 2 aliphatic heterocycles. The van der Waals surface area contributed by atoms with Crippen LogP contribution in [0.2, 0.25) is 0 Å². The van der Waals surface area contributed by atoms with E-state index in [0.717, 1.165) is 25.3 Å². The highest BCUT2D eigenvalue weighted by Crippen LogP contribution is 2.40. The minimum absolute atomic E-state index is 0.130. The van der Waals surface area contributed by atoms with Gasteiger partial charge >= 0.3 is 6.18 Å². The zero-order valence-corrected chi connectivity index (χ0v) is 18.4. The summed E-state index contributed by atoms with van der Waals surface area (Å²) >= 11 is 0. The number of carbonyl (C=O) groups is 2. The number of rotatable bonds is 4. The fourth-order valence-corrected chi connectivity index (χ4v) is 5.42. The summed E-state index contributed by atoms with van der Waals surface area (Å²) in [5, 5.41) is 24.9. The molecular formula is C25H20F3N5O2. The third kappa shape index (κ3) is 4.15. The van der Waals surface area contributed by atoms with Gasteiger partial charge in [-0.1, -0.05) is 18.2 Å². The fraction of sp³-hybridized carbons (Fsp3) is 0.400. The van der Waals surface area contributed by atoms with E-state index in [4.69, 9.17) is 0 Å². The highest BCUT2D eigenvalue weighted by Gasteiger charge is 2.43. The number of hydrogen-bond acceptors (Lipinski definition) is 5. The smallest absolute Gasteiger partial charge is 0.339 e. The second-order valence-electron chi connectivity index (χ2n) is 9.28. The molecule has 35 heavy (non-hydrogen) atoms. The van der Waals surface area contributed by atoms with E-state index in [1.807, 2.05) is 0 Å². The van der Waals surface area contributed by atoms with Gasteiger partial charge in [0, 0.05) is 23.6 Å². The molecular weight excluding hydrogens is 459 g/mol. The molecule has 2 unspecified atom stereocenters. The van der Waals surface area contributed by atoms with Gasteiger partial charge in [-0.2, -0.15) is 23.7 Å². The van der Waals surface area contributed by atoms with Crippen LogP contribution in [0.5, 0.6) is 0 Å². The first-order valence-corrected chi connectivity index (χ1v) is 11.3. The molecule has 2 fully saturated rings. The van der Waals surface area contributed by atoms with E-state index in [0.29, 0.717) is 17.2 Å². The summed E-state index contributed by atoms with van der Waals surface area (Å²) in [7, 11) is 0. The molecule has 2 aliphatic carbocycles. The van der Waals surface area contributed by atoms with Gasteiger partial charge in [0.1, 0.15) is 6.04 Å². The number of fused-ring (bicyclic) bond motifs is 5. The van der Waals surface area contributed by atoms with Gasteiger partial charge in [-0.05, 0) is 48.4 Å². The summed E-state index contributed by atoms with van der Waals surface area (Å²) in [6, 6.07) is 7.75. The number of amides is 2. The van der Waals surface area contributed by atoms with Crippen molar-refractivity contribution < 1.29 is 22.8 Å². The van der Waals surface area contributed by atoms with Gasteiger partial charge in [0.2, 0.25) is 5.91 Å². The summed E-state index contributed by atoms with van der Waals surface area (Å²) in [6.45, 7) is 0. The lowest BCUT2D eigenvalue weighted by Crippen LogP contribution is -2.50. The Bertz CT molecular complexity index is 1300. The Morgan fingerprint density at radius 2 is 2.06 bits per heavy atom. The Morgan fingerprint density at radius 3 is 2.69 bits per heavy atom. The molecule has 2 N–H and O–H groups in total. The first-order chi connectivity index (χ1) is 16.7. The molecule has 7 nitrogen and oxygen atoms in total. The number of aliphatic imine (C=N–C) groups is 1. The molecule has 10 heteroatoms. The SMILES string of the molecule is N#CC(Cc1ccc2c(c1)C(=O)N=C1C=C(C(F)(F)F)C(C#N)C=C12)NC(=O)[C@H]1N[C@@H]2CC[C@H]1C2. The predicted molar refractivity (Wildman–Crippen MR) is 119 cm³/mol. The summed E-state index contributed by atoms with van der Waals surface area (Å²) in [4.78, 5) is 29.1. The van der Waals surface area contributed by atoms with Crippen LogP contribution >= 0.6 is 0 Å². The number of piperidine rings is 1. The first kappa shape index (κ1) is 23.0. The minimum atomic E-state index is -4.72. The molecule has 1 aromatic carbocycles. The van der Waals surface area contributed by atoms with Gasteiger partial charge in [-0.25, -0.2) is 4.99 Å². The van der Waals surface area contributed by atoms with Crippen molar-refractivity contribution >= 4 is 23.1 Å². The summed E-state index contributed by atoms with van der Waals surface area (Å²) in [6.07, 6.45) is 0.372. The van der Waals surface area contributed by atoms with E-state index in [9.17, 15) is 33.3 Å². The number of nitriles is 2. The van der Waals surface area contributed by atoms with Crippen molar-refractivity contribution in [1.82, 2.24) is 10.6 Å². The van der Waals surface area contributed by atoms with Crippen molar-refractivity contribution in [3.8, 4) is 12.1 Å². The average molecular weight is 479 g/mol. The molecule has 5 rings (SSSR count). The third-order valence-electron chi connectivity index (χ3n) is 7.08. The molecule has 5 atom stereocenters. The van der Waals surface area contributed by atoms with Crippen LogP contribution in [-0.2, 0) is 11.2 Å². The lowest BCUT2D eigenvalue weighted by molar-refractivity contribution is -0.124. The third-order valence-corrected chi connectivity index (χ3v) is 7.08. The zero-order valence-electron chi connectivity index (χ0n) is 18.4. The van der Waals surface area contributed by atoms with E-state index in [2.05, 4.69) is 21.7 Å². The zero-order chi connectivity index (χ0) is 24.9. The monoisotopic (exact) mass is 479 g/mol. The average Bonchev–Trinajstić information content (AvgIpc) is 3.46. The second kappa shape index (κ2) is 8.47. The molecule has 0 aromatic heterocycles. The van der Waals surface area contributed by atoms with Crippen LogP contribution in [0.1, 0.15) is 40.7 Å². The summed E-state index contributed by atoms with van der Waals surface area (Å²) in [5.41, 5.74) is 0.255. The Labute approximate surface area is 199 Å². The van der Waals surface area contributed by atoms with Gasteiger partial charge in [-0.3, -0.25) is 9.59 Å². The van der Waals surface area contributed by atoms with Crippen molar-refractivity contribution in [2.45, 2.75) is 50.0 Å². The molecule has 4 aliphatic rings. The summed E-state index contributed by atoms with van der Waals surface area (Å²) < 4.78 is 40.0. The number of alkyl halides is 3. The van der Waals surface area contributed by atoms with Crippen LogP contribution in [0.4, 0.5) is 13.2 Å². The van der Waals surface area contributed by atoms with E-state index in [1.54, 1.807) is 18.2 Å². The molecule has 178 valence electrons. The quantitative estimate of drug-likeness (QED) is 0.688. The van der Waals surface area contributed by atoms with Gasteiger partial charge in [0.05, 0.1) is 35.4 Å².